The van der Waals surface area contributed by atoms with Gasteiger partial charge in [-0.2, -0.15) is 0 Å². The molecule has 0 aromatic heterocycles. The maximum Gasteiger partial charge on any atom is 0.0926 e. The average molecular weight is 299 g/mol. The zero-order valence-corrected chi connectivity index (χ0v) is 15.8. The molecule has 0 heterocycles. The molecule has 1 heteroatoms. The maximum atomic E-state index is 11.3. The molecule has 0 saturated carbocycles. The second-order valence-corrected chi connectivity index (χ2v) is 3.69. The normalized spacial score (nSPS) is 8.81. The lowest BCUT2D eigenvalue weighted by Gasteiger charge is -1.91. The summed E-state index contributed by atoms with van der Waals surface area (Å²) in [4.78, 5) is 0. The van der Waals surface area contributed by atoms with Crippen LogP contribution in [0.1, 0.15) is 68.2 Å². The molecule has 0 atom stereocenters. The van der Waals surface area contributed by atoms with Gasteiger partial charge in [0.1, 0.15) is 0 Å². The van der Waals surface area contributed by atoms with Crippen LogP contribution in [0.3, 0.4) is 0 Å². The van der Waals surface area contributed by atoms with Crippen molar-refractivity contribution >= 4 is 0 Å². The topological polar surface area (TPSA) is 0 Å². The van der Waals surface area contributed by atoms with Crippen molar-refractivity contribution in [3.8, 4) is 0 Å². The van der Waals surface area contributed by atoms with Crippen molar-refractivity contribution in [3.05, 3.63) is 61.5 Å². The van der Waals surface area contributed by atoms with Gasteiger partial charge in [0, 0.05) is 0 Å². The van der Waals surface area contributed by atoms with Crippen LogP contribution in [0.25, 0.3) is 0 Å². The molecule has 21 heavy (non-hydrogen) atoms. The molecule has 0 fully saturated rings. The van der Waals surface area contributed by atoms with Gasteiger partial charge in [0.05, 0.1) is 5.83 Å². The van der Waals surface area contributed by atoms with Crippen molar-refractivity contribution in [2.24, 2.45) is 0 Å². The standard InChI is InChI=1S/C8H14.C4H7F.2C3H6.C2H6/c1-4-6-8(3)7-5-2;1-3-4(2)5;2*1-3-2;1-2/h4,6H,1,5,7H2,2-3H3;3H,1-2H3;2*3H,1H2,2H3;1-2H3/b8-6-;4-3+;;;. The Balaban J connectivity index is -0.0000000567. The van der Waals surface area contributed by atoms with E-state index >= 15 is 0 Å². The molecule has 0 unspecified atom stereocenters. The molecule has 0 saturated heterocycles. The van der Waals surface area contributed by atoms with E-state index in [1.54, 1.807) is 19.1 Å². The number of allylic oxidation sites excluding steroid dienone is 7. The summed E-state index contributed by atoms with van der Waals surface area (Å²) in [5, 5.41) is 0. The Kier molecular flexibility index (Phi) is 64.9. The minimum Gasteiger partial charge on any atom is -0.213 e. The van der Waals surface area contributed by atoms with E-state index in [0.29, 0.717) is 0 Å². The number of halogens is 1. The van der Waals surface area contributed by atoms with Crippen LogP contribution in [0.2, 0.25) is 0 Å². The molecule has 0 N–H and O–H groups in total. The minimum absolute atomic E-state index is 0.120. The van der Waals surface area contributed by atoms with Crippen LogP contribution in [0, 0.1) is 0 Å². The summed E-state index contributed by atoms with van der Waals surface area (Å²) < 4.78 is 11.3. The molecule has 0 aliphatic rings. The molecule has 0 aliphatic heterocycles. The van der Waals surface area contributed by atoms with Crippen LogP contribution in [0.5, 0.6) is 0 Å². The first-order valence-corrected chi connectivity index (χ1v) is 7.62. The zero-order chi connectivity index (χ0) is 18.1. The molecule has 0 aromatic rings. The van der Waals surface area contributed by atoms with E-state index in [0.717, 1.165) is 0 Å². The lowest BCUT2D eigenvalue weighted by molar-refractivity contribution is 0.638. The third-order valence-corrected chi connectivity index (χ3v) is 1.44. The summed E-state index contributed by atoms with van der Waals surface area (Å²) in [6.07, 6.45) is 11.2. The molecule has 0 rings (SSSR count). The SMILES string of the molecule is C/C=C(\C)F.C=C/C=C(/C)CCC.C=CC.C=CC.CC. The van der Waals surface area contributed by atoms with Gasteiger partial charge >= 0.3 is 0 Å². The van der Waals surface area contributed by atoms with E-state index < -0.39 is 0 Å². The molecule has 0 bridgehead atoms. The van der Waals surface area contributed by atoms with Gasteiger partial charge in [-0.3, -0.25) is 0 Å². The van der Waals surface area contributed by atoms with E-state index in [-0.39, 0.29) is 5.83 Å². The monoisotopic (exact) mass is 298 g/mol. The van der Waals surface area contributed by atoms with Crippen LogP contribution in [0.4, 0.5) is 4.39 Å². The van der Waals surface area contributed by atoms with Crippen molar-refractivity contribution in [1.82, 2.24) is 0 Å². The second kappa shape index (κ2) is 42.8. The van der Waals surface area contributed by atoms with E-state index in [2.05, 4.69) is 39.7 Å². The van der Waals surface area contributed by atoms with Gasteiger partial charge in [0.25, 0.3) is 0 Å². The summed E-state index contributed by atoms with van der Waals surface area (Å²) in [7, 11) is 0. The van der Waals surface area contributed by atoms with Crippen molar-refractivity contribution in [2.45, 2.75) is 68.2 Å². The fraction of sp³-hybridized carbons (Fsp3) is 0.500. The summed E-state index contributed by atoms with van der Waals surface area (Å²) in [5.41, 5.74) is 1.42. The largest absolute Gasteiger partial charge is 0.213 e. The van der Waals surface area contributed by atoms with Crippen LogP contribution in [-0.2, 0) is 0 Å². The Bertz CT molecular complexity index is 235. The Hall–Kier alpha value is -1.37. The quantitative estimate of drug-likeness (QED) is 0.363. The van der Waals surface area contributed by atoms with Gasteiger partial charge in [0.15, 0.2) is 0 Å². The highest BCUT2D eigenvalue weighted by Gasteiger charge is 1.81. The molecular formula is C20H39F. The molecule has 0 aromatic carbocycles. The summed E-state index contributed by atoms with van der Waals surface area (Å²) >= 11 is 0. The first-order valence-electron chi connectivity index (χ1n) is 7.62. The third kappa shape index (κ3) is 117. The molecule has 0 amide bonds. The van der Waals surface area contributed by atoms with Gasteiger partial charge in [-0.25, -0.2) is 4.39 Å². The molecule has 0 radical (unpaired) electrons. The Morgan fingerprint density at radius 2 is 1.24 bits per heavy atom. The fourth-order valence-electron chi connectivity index (χ4n) is 0.679. The lowest BCUT2D eigenvalue weighted by atomic mass is 10.2. The van der Waals surface area contributed by atoms with Crippen molar-refractivity contribution in [3.63, 3.8) is 0 Å². The number of hydrogen-bond acceptors (Lipinski definition) is 0. The second-order valence-electron chi connectivity index (χ2n) is 3.69. The average Bonchev–Trinajstić information content (AvgIpc) is 2.44. The summed E-state index contributed by atoms with van der Waals surface area (Å²) in [6.45, 7) is 25.5. The van der Waals surface area contributed by atoms with Gasteiger partial charge in [-0.1, -0.05) is 69.7 Å². The van der Waals surface area contributed by atoms with E-state index in [4.69, 9.17) is 0 Å². The van der Waals surface area contributed by atoms with Crippen LogP contribution < -0.4 is 0 Å². The smallest absolute Gasteiger partial charge is 0.0926 e. The van der Waals surface area contributed by atoms with Gasteiger partial charge < -0.3 is 0 Å². The summed E-state index contributed by atoms with van der Waals surface area (Å²) in [5.74, 6) is -0.120. The highest BCUT2D eigenvalue weighted by atomic mass is 19.1. The van der Waals surface area contributed by atoms with E-state index in [1.807, 2.05) is 33.8 Å². The van der Waals surface area contributed by atoms with Crippen molar-refractivity contribution < 1.29 is 4.39 Å². The van der Waals surface area contributed by atoms with Crippen molar-refractivity contribution in [2.75, 3.05) is 0 Å². The first-order chi connectivity index (χ1) is 9.91. The van der Waals surface area contributed by atoms with Crippen LogP contribution in [0.15, 0.2) is 61.5 Å². The minimum atomic E-state index is -0.120. The van der Waals surface area contributed by atoms with Crippen LogP contribution >= 0.6 is 0 Å². The zero-order valence-electron chi connectivity index (χ0n) is 15.8. The fourth-order valence-corrected chi connectivity index (χ4v) is 0.679. The number of hydrogen-bond donors (Lipinski definition) is 0. The van der Waals surface area contributed by atoms with Crippen LogP contribution in [-0.4, -0.2) is 0 Å². The van der Waals surface area contributed by atoms with Gasteiger partial charge in [-0.05, 0) is 41.0 Å². The summed E-state index contributed by atoms with van der Waals surface area (Å²) in [6, 6.07) is 0. The first kappa shape index (κ1) is 31.8. The van der Waals surface area contributed by atoms with Crippen molar-refractivity contribution in [1.29, 1.82) is 0 Å². The Labute approximate surface area is 134 Å². The van der Waals surface area contributed by atoms with E-state index in [1.165, 1.54) is 31.4 Å². The Morgan fingerprint density at radius 1 is 0.952 bits per heavy atom. The highest BCUT2D eigenvalue weighted by molar-refractivity contribution is 5.07. The Morgan fingerprint density at radius 3 is 1.38 bits per heavy atom. The molecule has 0 spiro atoms. The molecule has 0 aliphatic carbocycles. The lowest BCUT2D eigenvalue weighted by Crippen LogP contribution is -1.71. The van der Waals surface area contributed by atoms with Gasteiger partial charge in [-0.15, -0.1) is 13.2 Å². The number of rotatable bonds is 3. The molecule has 0 nitrogen and oxygen atoms in total. The predicted octanol–water partition coefficient (Wildman–Crippen LogP) is 8.21. The maximum absolute atomic E-state index is 11.3. The molecule has 126 valence electrons. The highest BCUT2D eigenvalue weighted by Crippen LogP contribution is 2.01. The van der Waals surface area contributed by atoms with E-state index in [9.17, 15) is 4.39 Å². The predicted molar refractivity (Wildman–Crippen MR) is 102 cm³/mol. The third-order valence-electron chi connectivity index (χ3n) is 1.44. The molecular weight excluding hydrogens is 259 g/mol. The van der Waals surface area contributed by atoms with Gasteiger partial charge in [0.2, 0.25) is 0 Å².